The summed E-state index contributed by atoms with van der Waals surface area (Å²) < 4.78 is 12.4. The van der Waals surface area contributed by atoms with E-state index in [1.807, 2.05) is 60.1 Å². The second kappa shape index (κ2) is 13.1. The molecule has 1 aromatic heterocycles. The average Bonchev–Trinajstić information content (AvgIpc) is 3.11. The Hall–Kier alpha value is -3.07. The number of hydrogen-bond donors (Lipinski definition) is 2. The van der Waals surface area contributed by atoms with E-state index < -0.39 is 29.4 Å². The Labute approximate surface area is 227 Å². The van der Waals surface area contributed by atoms with Crippen molar-refractivity contribution >= 4 is 29.0 Å². The summed E-state index contributed by atoms with van der Waals surface area (Å²) in [5, 5.41) is 6.56. The molecule has 0 saturated carbocycles. The first-order valence-electron chi connectivity index (χ1n) is 13.3. The van der Waals surface area contributed by atoms with E-state index in [0.29, 0.717) is 25.8 Å². The first-order chi connectivity index (χ1) is 17.6. The fraction of sp³-hybridized carbons (Fsp3) is 0.621. The smallest absolute Gasteiger partial charge is 0.408 e. The lowest BCUT2D eigenvalue weighted by molar-refractivity contribution is 0.0479. The number of fused-ring (bicyclic) bond motifs is 1. The van der Waals surface area contributed by atoms with E-state index in [-0.39, 0.29) is 5.91 Å². The summed E-state index contributed by atoms with van der Waals surface area (Å²) in [4.78, 5) is 40.5. The molecule has 0 saturated heterocycles. The van der Waals surface area contributed by atoms with Crippen molar-refractivity contribution in [3.8, 4) is 0 Å². The van der Waals surface area contributed by atoms with Crippen LogP contribution >= 0.6 is 0 Å². The highest BCUT2D eigenvalue weighted by Crippen LogP contribution is 2.24. The zero-order valence-electron chi connectivity index (χ0n) is 24.6. The Morgan fingerprint density at radius 2 is 1.61 bits per heavy atom. The number of hydrogen-bond acceptors (Lipinski definition) is 6. The van der Waals surface area contributed by atoms with E-state index in [0.717, 1.165) is 35.0 Å². The minimum absolute atomic E-state index is 0.221. The molecule has 0 bridgehead atoms. The van der Waals surface area contributed by atoms with Gasteiger partial charge in [0.15, 0.2) is 0 Å². The number of ether oxygens (including phenoxy) is 2. The van der Waals surface area contributed by atoms with Gasteiger partial charge in [0.2, 0.25) is 0 Å². The molecule has 212 valence electrons. The minimum Gasteiger partial charge on any atom is -0.444 e. The number of aryl methyl sites for hydroxylation is 1. The van der Waals surface area contributed by atoms with Gasteiger partial charge in [-0.2, -0.15) is 0 Å². The van der Waals surface area contributed by atoms with Gasteiger partial charge < -0.3 is 25.0 Å². The van der Waals surface area contributed by atoms with Gasteiger partial charge in [0.05, 0.1) is 5.52 Å². The third-order valence-corrected chi connectivity index (χ3v) is 5.69. The van der Waals surface area contributed by atoms with Crippen LogP contribution in [0.25, 0.3) is 10.9 Å². The van der Waals surface area contributed by atoms with Gasteiger partial charge in [0.1, 0.15) is 17.2 Å². The number of carbonyl (C=O) groups excluding carboxylic acids is 3. The van der Waals surface area contributed by atoms with E-state index >= 15 is 0 Å². The number of rotatable bonds is 10. The minimum atomic E-state index is -0.787. The van der Waals surface area contributed by atoms with Gasteiger partial charge in [-0.1, -0.05) is 11.6 Å². The number of aromatic nitrogens is 1. The molecule has 0 aliphatic heterocycles. The molecule has 1 atom stereocenters. The molecule has 2 rings (SSSR count). The van der Waals surface area contributed by atoms with E-state index in [4.69, 9.17) is 9.47 Å². The highest BCUT2D eigenvalue weighted by molar-refractivity contribution is 5.98. The molecule has 0 spiro atoms. The number of amides is 2. The van der Waals surface area contributed by atoms with Crippen molar-refractivity contribution in [1.82, 2.24) is 20.1 Å². The molecule has 0 aliphatic rings. The topological polar surface area (TPSA) is 102 Å². The van der Waals surface area contributed by atoms with Crippen molar-refractivity contribution in [2.24, 2.45) is 0 Å². The number of unbranched alkanes of at least 4 members (excludes halogenated alkanes) is 1. The Morgan fingerprint density at radius 3 is 2.21 bits per heavy atom. The lowest BCUT2D eigenvalue weighted by Crippen LogP contribution is -2.45. The molecule has 0 unspecified atom stereocenters. The number of nitrogens with zero attached hydrogens (tertiary/aromatic N) is 2. The Kier molecular flexibility index (Phi) is 10.8. The quantitative estimate of drug-likeness (QED) is 0.405. The highest BCUT2D eigenvalue weighted by Gasteiger charge is 2.27. The standard InChI is InChI=1S/C29H46N4O5/c1-20-13-14-24-22(18-20)21(15-17-32(8)9)19-33(24)25(34)23(31-27(36)38-29(5,6)7)12-10-11-16-30-26(35)37-28(2,3)4/h13-14,18-19,23H,10-12,15-17H2,1-9H3,(H,30,35)(H,31,36)/t23-/m0/s1. The van der Waals surface area contributed by atoms with E-state index in [1.165, 1.54) is 0 Å². The van der Waals surface area contributed by atoms with Crippen molar-refractivity contribution in [1.29, 1.82) is 0 Å². The summed E-state index contributed by atoms with van der Waals surface area (Å²) in [6, 6.07) is 5.25. The van der Waals surface area contributed by atoms with Gasteiger partial charge in [0, 0.05) is 24.7 Å². The molecular weight excluding hydrogens is 484 g/mol. The SMILES string of the molecule is Cc1ccc2c(c1)c(CCN(C)C)cn2C(=O)[C@H](CCCCNC(=O)OC(C)(C)C)NC(=O)OC(C)(C)C. The van der Waals surface area contributed by atoms with E-state index in [9.17, 15) is 14.4 Å². The van der Waals surface area contributed by atoms with E-state index in [1.54, 1.807) is 25.3 Å². The summed E-state index contributed by atoms with van der Waals surface area (Å²) in [6.07, 6.45) is 3.20. The molecule has 0 aliphatic carbocycles. The highest BCUT2D eigenvalue weighted by atomic mass is 16.6. The lowest BCUT2D eigenvalue weighted by Gasteiger charge is -2.23. The molecule has 9 heteroatoms. The van der Waals surface area contributed by atoms with Crippen molar-refractivity contribution in [2.75, 3.05) is 27.2 Å². The number of likely N-dealkylation sites (N-methyl/N-ethyl adjacent to an activating group) is 1. The summed E-state index contributed by atoms with van der Waals surface area (Å²) >= 11 is 0. The molecule has 2 N–H and O–H groups in total. The third-order valence-electron chi connectivity index (χ3n) is 5.69. The normalized spacial score (nSPS) is 12.9. The number of alkyl carbamates (subject to hydrolysis) is 2. The summed E-state index contributed by atoms with van der Waals surface area (Å²) in [6.45, 7) is 14.1. The molecule has 38 heavy (non-hydrogen) atoms. The van der Waals surface area contributed by atoms with Crippen molar-refractivity contribution in [2.45, 2.75) is 91.4 Å². The molecule has 1 heterocycles. The first-order valence-corrected chi connectivity index (χ1v) is 13.3. The molecule has 2 amide bonds. The van der Waals surface area contributed by atoms with Crippen LogP contribution in [0.15, 0.2) is 24.4 Å². The summed E-state index contributed by atoms with van der Waals surface area (Å²) in [7, 11) is 4.04. The number of carbonyl (C=O) groups is 3. The Bertz CT molecular complexity index is 1110. The van der Waals surface area contributed by atoms with Crippen LogP contribution in [-0.2, 0) is 15.9 Å². The van der Waals surface area contributed by atoms with Gasteiger partial charge in [-0.25, -0.2) is 9.59 Å². The zero-order chi connectivity index (χ0) is 28.7. The molecule has 0 radical (unpaired) electrons. The number of nitrogens with one attached hydrogen (secondary N) is 2. The van der Waals surface area contributed by atoms with Crippen LogP contribution in [0.2, 0.25) is 0 Å². The monoisotopic (exact) mass is 530 g/mol. The second-order valence-corrected chi connectivity index (χ2v) is 12.1. The van der Waals surface area contributed by atoms with Crippen LogP contribution in [0.5, 0.6) is 0 Å². The van der Waals surface area contributed by atoms with Crippen molar-refractivity contribution < 1.29 is 23.9 Å². The maximum atomic E-state index is 13.8. The van der Waals surface area contributed by atoms with E-state index in [2.05, 4.69) is 21.6 Å². The zero-order valence-corrected chi connectivity index (χ0v) is 24.6. The van der Waals surface area contributed by atoms with Crippen LogP contribution in [-0.4, -0.2) is 72.0 Å². The predicted octanol–water partition coefficient (Wildman–Crippen LogP) is 5.28. The fourth-order valence-electron chi connectivity index (χ4n) is 3.99. The summed E-state index contributed by atoms with van der Waals surface area (Å²) in [5.41, 5.74) is 1.77. The van der Waals surface area contributed by atoms with Crippen molar-refractivity contribution in [3.05, 3.63) is 35.5 Å². The van der Waals surface area contributed by atoms with Crippen molar-refractivity contribution in [3.63, 3.8) is 0 Å². The first kappa shape index (κ1) is 31.1. The van der Waals surface area contributed by atoms with Crippen LogP contribution in [0, 0.1) is 6.92 Å². The predicted molar refractivity (Wildman–Crippen MR) is 151 cm³/mol. The third kappa shape index (κ3) is 10.4. The average molecular weight is 531 g/mol. The Balaban J connectivity index is 2.21. The van der Waals surface area contributed by atoms with Crippen LogP contribution < -0.4 is 10.6 Å². The van der Waals surface area contributed by atoms with Gasteiger partial charge in [-0.3, -0.25) is 9.36 Å². The number of benzene rings is 1. The van der Waals surface area contributed by atoms with Gasteiger partial charge in [0.25, 0.3) is 5.91 Å². The maximum absolute atomic E-state index is 13.8. The fourth-order valence-corrected chi connectivity index (χ4v) is 3.99. The molecular formula is C29H46N4O5. The maximum Gasteiger partial charge on any atom is 0.408 e. The Morgan fingerprint density at radius 1 is 0.974 bits per heavy atom. The second-order valence-electron chi connectivity index (χ2n) is 12.1. The molecule has 9 nitrogen and oxygen atoms in total. The molecule has 1 aromatic carbocycles. The largest absolute Gasteiger partial charge is 0.444 e. The van der Waals surface area contributed by atoms with Gasteiger partial charge in [-0.05, 0) is 106 Å². The van der Waals surface area contributed by atoms with Crippen LogP contribution in [0.4, 0.5) is 9.59 Å². The lowest BCUT2D eigenvalue weighted by atomic mass is 10.1. The van der Waals surface area contributed by atoms with Gasteiger partial charge >= 0.3 is 12.2 Å². The van der Waals surface area contributed by atoms with Crippen LogP contribution in [0.1, 0.15) is 76.7 Å². The molecule has 0 fully saturated rings. The molecule has 2 aromatic rings. The summed E-state index contributed by atoms with van der Waals surface area (Å²) in [5.74, 6) is -0.221. The van der Waals surface area contributed by atoms with Gasteiger partial charge in [-0.15, -0.1) is 0 Å². The van der Waals surface area contributed by atoms with Crippen LogP contribution in [0.3, 0.4) is 0 Å².